The molecule has 0 fully saturated rings. The van der Waals surface area contributed by atoms with Gasteiger partial charge >= 0.3 is 0 Å². The molecule has 0 unspecified atom stereocenters. The SMILES string of the molecule is COCCS(=O)(=O)NCc1ccc(CCl)cc1. The van der Waals surface area contributed by atoms with Gasteiger partial charge in [0.25, 0.3) is 0 Å². The zero-order valence-electron chi connectivity index (χ0n) is 9.65. The summed E-state index contributed by atoms with van der Waals surface area (Å²) in [6, 6.07) is 7.48. The fraction of sp³-hybridized carbons (Fsp3) is 0.455. The normalized spacial score (nSPS) is 11.6. The van der Waals surface area contributed by atoms with Crippen LogP contribution in [0.4, 0.5) is 0 Å². The van der Waals surface area contributed by atoms with Crippen molar-refractivity contribution in [2.24, 2.45) is 0 Å². The topological polar surface area (TPSA) is 55.4 Å². The van der Waals surface area contributed by atoms with Crippen LogP contribution in [0.5, 0.6) is 0 Å². The summed E-state index contributed by atoms with van der Waals surface area (Å²) in [4.78, 5) is 0. The van der Waals surface area contributed by atoms with Crippen LogP contribution in [0.1, 0.15) is 11.1 Å². The average molecular weight is 278 g/mol. The van der Waals surface area contributed by atoms with E-state index in [-0.39, 0.29) is 18.9 Å². The minimum absolute atomic E-state index is 0.0245. The Morgan fingerprint density at radius 3 is 2.35 bits per heavy atom. The van der Waals surface area contributed by atoms with Gasteiger partial charge in [-0.1, -0.05) is 24.3 Å². The molecule has 0 aliphatic heterocycles. The molecule has 1 aromatic carbocycles. The molecular weight excluding hydrogens is 262 g/mol. The van der Waals surface area contributed by atoms with Gasteiger partial charge in [0.1, 0.15) is 0 Å². The number of hydrogen-bond donors (Lipinski definition) is 1. The van der Waals surface area contributed by atoms with E-state index in [9.17, 15) is 8.42 Å². The average Bonchev–Trinajstić information content (AvgIpc) is 2.35. The van der Waals surface area contributed by atoms with Gasteiger partial charge in [-0.05, 0) is 11.1 Å². The summed E-state index contributed by atoms with van der Waals surface area (Å²) in [6.45, 7) is 0.481. The van der Waals surface area contributed by atoms with E-state index in [2.05, 4.69) is 4.72 Å². The van der Waals surface area contributed by atoms with Crippen molar-refractivity contribution in [1.82, 2.24) is 4.72 Å². The van der Waals surface area contributed by atoms with Crippen LogP contribution in [0, 0.1) is 0 Å². The Kier molecular flexibility index (Phi) is 5.91. The highest BCUT2D eigenvalue weighted by molar-refractivity contribution is 7.89. The summed E-state index contributed by atoms with van der Waals surface area (Å²) in [7, 11) is -1.79. The Labute approximate surface area is 107 Å². The van der Waals surface area contributed by atoms with Crippen molar-refractivity contribution in [2.45, 2.75) is 12.4 Å². The van der Waals surface area contributed by atoms with Gasteiger partial charge < -0.3 is 4.74 Å². The molecule has 6 heteroatoms. The van der Waals surface area contributed by atoms with Gasteiger partial charge in [-0.25, -0.2) is 13.1 Å². The van der Waals surface area contributed by atoms with E-state index in [0.717, 1.165) is 11.1 Å². The van der Waals surface area contributed by atoms with Crippen LogP contribution < -0.4 is 4.72 Å². The van der Waals surface area contributed by atoms with Crippen LogP contribution in [0.15, 0.2) is 24.3 Å². The number of methoxy groups -OCH3 is 1. The van der Waals surface area contributed by atoms with Crippen LogP contribution in [0.3, 0.4) is 0 Å². The summed E-state index contributed by atoms with van der Waals surface area (Å²) in [5, 5.41) is 0. The van der Waals surface area contributed by atoms with E-state index in [1.807, 2.05) is 24.3 Å². The van der Waals surface area contributed by atoms with E-state index in [0.29, 0.717) is 5.88 Å². The maximum atomic E-state index is 11.5. The first kappa shape index (κ1) is 14.4. The molecule has 1 rings (SSSR count). The molecule has 0 aliphatic carbocycles. The largest absolute Gasteiger partial charge is 0.384 e. The Balaban J connectivity index is 2.49. The Bertz CT molecular complexity index is 431. The lowest BCUT2D eigenvalue weighted by atomic mass is 10.1. The van der Waals surface area contributed by atoms with Gasteiger partial charge in [-0.2, -0.15) is 0 Å². The van der Waals surface area contributed by atoms with Crippen molar-refractivity contribution in [3.8, 4) is 0 Å². The monoisotopic (exact) mass is 277 g/mol. The summed E-state index contributed by atoms with van der Waals surface area (Å²) >= 11 is 5.66. The van der Waals surface area contributed by atoms with E-state index in [4.69, 9.17) is 16.3 Å². The molecule has 0 radical (unpaired) electrons. The molecule has 0 atom stereocenters. The van der Waals surface area contributed by atoms with Gasteiger partial charge in [-0.3, -0.25) is 0 Å². The lowest BCUT2D eigenvalue weighted by Crippen LogP contribution is -2.27. The van der Waals surface area contributed by atoms with Crippen LogP contribution in [0.2, 0.25) is 0 Å². The third kappa shape index (κ3) is 5.50. The Morgan fingerprint density at radius 2 is 1.82 bits per heavy atom. The molecule has 1 aromatic rings. The molecule has 0 heterocycles. The number of sulfonamides is 1. The number of benzene rings is 1. The first-order valence-electron chi connectivity index (χ1n) is 5.17. The molecule has 4 nitrogen and oxygen atoms in total. The Morgan fingerprint density at radius 1 is 1.24 bits per heavy atom. The fourth-order valence-electron chi connectivity index (χ4n) is 1.20. The molecule has 17 heavy (non-hydrogen) atoms. The smallest absolute Gasteiger partial charge is 0.214 e. The molecule has 0 aromatic heterocycles. The second-order valence-corrected chi connectivity index (χ2v) is 5.78. The maximum Gasteiger partial charge on any atom is 0.214 e. The molecule has 0 spiro atoms. The molecule has 0 aliphatic rings. The van der Waals surface area contributed by atoms with Crippen molar-refractivity contribution in [2.75, 3.05) is 19.5 Å². The van der Waals surface area contributed by atoms with Crippen LogP contribution in [-0.2, 0) is 27.2 Å². The van der Waals surface area contributed by atoms with Gasteiger partial charge in [-0.15, -0.1) is 11.6 Å². The van der Waals surface area contributed by atoms with Gasteiger partial charge in [0.2, 0.25) is 10.0 Å². The van der Waals surface area contributed by atoms with Crippen molar-refractivity contribution >= 4 is 21.6 Å². The first-order chi connectivity index (χ1) is 8.07. The number of halogens is 1. The highest BCUT2D eigenvalue weighted by Gasteiger charge is 2.08. The zero-order valence-corrected chi connectivity index (χ0v) is 11.2. The number of rotatable bonds is 7. The highest BCUT2D eigenvalue weighted by Crippen LogP contribution is 2.06. The number of ether oxygens (including phenoxy) is 1. The molecule has 0 saturated heterocycles. The van der Waals surface area contributed by atoms with Crippen molar-refractivity contribution < 1.29 is 13.2 Å². The zero-order chi connectivity index (χ0) is 12.7. The van der Waals surface area contributed by atoms with Crippen LogP contribution >= 0.6 is 11.6 Å². The molecule has 96 valence electrons. The predicted octanol–water partition coefficient (Wildman–Crippen LogP) is 1.49. The van der Waals surface area contributed by atoms with Gasteiger partial charge in [0.05, 0.1) is 12.4 Å². The lowest BCUT2D eigenvalue weighted by Gasteiger charge is -2.06. The quantitative estimate of drug-likeness (QED) is 0.769. The summed E-state index contributed by atoms with van der Waals surface area (Å²) in [5.74, 6) is 0.434. The molecule has 0 saturated carbocycles. The number of nitrogens with one attached hydrogen (secondary N) is 1. The summed E-state index contributed by atoms with van der Waals surface area (Å²) < 4.78 is 30.2. The molecule has 0 bridgehead atoms. The molecular formula is C11H16ClNO3S. The van der Waals surface area contributed by atoms with Crippen molar-refractivity contribution in [3.05, 3.63) is 35.4 Å². The van der Waals surface area contributed by atoms with Crippen molar-refractivity contribution in [3.63, 3.8) is 0 Å². The fourth-order valence-corrected chi connectivity index (χ4v) is 2.30. The predicted molar refractivity (Wildman–Crippen MR) is 68.5 cm³/mol. The molecule has 1 N–H and O–H groups in total. The number of hydrogen-bond acceptors (Lipinski definition) is 3. The van der Waals surface area contributed by atoms with E-state index in [1.54, 1.807) is 0 Å². The first-order valence-corrected chi connectivity index (χ1v) is 7.36. The van der Waals surface area contributed by atoms with Gasteiger partial charge in [0, 0.05) is 19.5 Å². The summed E-state index contributed by atoms with van der Waals surface area (Å²) in [5.41, 5.74) is 1.91. The second kappa shape index (κ2) is 6.96. The standard InChI is InChI=1S/C11H16ClNO3S/c1-16-6-7-17(14,15)13-9-11-4-2-10(8-12)3-5-11/h2-5,13H,6-9H2,1H3. The van der Waals surface area contributed by atoms with E-state index in [1.165, 1.54) is 7.11 Å². The second-order valence-electron chi connectivity index (χ2n) is 3.58. The highest BCUT2D eigenvalue weighted by atomic mass is 35.5. The van der Waals surface area contributed by atoms with Gasteiger partial charge in [0.15, 0.2) is 0 Å². The molecule has 0 amide bonds. The maximum absolute atomic E-state index is 11.5. The number of alkyl halides is 1. The third-order valence-corrected chi connectivity index (χ3v) is 3.83. The minimum atomic E-state index is -3.26. The Hall–Kier alpha value is -0.620. The van der Waals surface area contributed by atoms with Crippen LogP contribution in [-0.4, -0.2) is 27.9 Å². The minimum Gasteiger partial charge on any atom is -0.384 e. The van der Waals surface area contributed by atoms with E-state index < -0.39 is 10.0 Å². The van der Waals surface area contributed by atoms with Crippen molar-refractivity contribution in [1.29, 1.82) is 0 Å². The lowest BCUT2D eigenvalue weighted by molar-refractivity contribution is 0.217. The summed E-state index contributed by atoms with van der Waals surface area (Å²) in [6.07, 6.45) is 0. The third-order valence-electron chi connectivity index (χ3n) is 2.23. The van der Waals surface area contributed by atoms with Crippen LogP contribution in [0.25, 0.3) is 0 Å². The van der Waals surface area contributed by atoms with E-state index >= 15 is 0 Å².